The van der Waals surface area contributed by atoms with Crippen LogP contribution in [0.4, 0.5) is 0 Å². The Bertz CT molecular complexity index is 229. The van der Waals surface area contributed by atoms with E-state index in [-0.39, 0.29) is 11.0 Å². The average Bonchev–Trinajstić information content (AvgIpc) is 2.61. The van der Waals surface area contributed by atoms with Crippen molar-refractivity contribution in [2.24, 2.45) is 17.1 Å². The summed E-state index contributed by atoms with van der Waals surface area (Å²) >= 11 is 0. The summed E-state index contributed by atoms with van der Waals surface area (Å²) in [5.74, 6) is 0.566. The molecule has 3 unspecified atom stereocenters. The summed E-state index contributed by atoms with van der Waals surface area (Å²) in [7, 11) is 0. The quantitative estimate of drug-likeness (QED) is 0.703. The Balaban J connectivity index is 2.10. The lowest BCUT2D eigenvalue weighted by Gasteiger charge is -2.62. The first-order valence-corrected chi connectivity index (χ1v) is 5.65. The van der Waals surface area contributed by atoms with E-state index in [0.29, 0.717) is 12.0 Å². The lowest BCUT2D eigenvalue weighted by atomic mass is 9.48. The number of fused-ring (bicyclic) bond motifs is 1. The Morgan fingerprint density at radius 1 is 1.50 bits per heavy atom. The van der Waals surface area contributed by atoms with Crippen molar-refractivity contribution in [3.63, 3.8) is 0 Å². The van der Waals surface area contributed by atoms with Crippen LogP contribution >= 0.6 is 0 Å². The predicted octanol–water partition coefficient (Wildman–Crippen LogP) is 0.738. The van der Waals surface area contributed by atoms with Crippen molar-refractivity contribution < 1.29 is 4.74 Å². The first kappa shape index (κ1) is 10.4. The molecule has 0 bridgehead atoms. The highest BCUT2D eigenvalue weighted by Crippen LogP contribution is 2.57. The van der Waals surface area contributed by atoms with Gasteiger partial charge in [0.25, 0.3) is 0 Å². The van der Waals surface area contributed by atoms with Gasteiger partial charge in [-0.15, -0.1) is 0 Å². The maximum atomic E-state index is 6.51. The van der Waals surface area contributed by atoms with Crippen molar-refractivity contribution in [2.45, 2.75) is 38.8 Å². The first-order chi connectivity index (χ1) is 6.54. The summed E-state index contributed by atoms with van der Waals surface area (Å²) in [6, 6.07) is 0. The Hall–Kier alpha value is -0.120. The zero-order chi connectivity index (χ0) is 10.4. The van der Waals surface area contributed by atoms with Crippen molar-refractivity contribution in [3.05, 3.63) is 0 Å². The highest BCUT2D eigenvalue weighted by molar-refractivity contribution is 5.21. The molecule has 3 N–H and O–H groups in total. The second kappa shape index (κ2) is 3.19. The minimum atomic E-state index is -0.0653. The van der Waals surface area contributed by atoms with Crippen LogP contribution in [0.1, 0.15) is 27.2 Å². The minimum Gasteiger partial charge on any atom is -0.377 e. The summed E-state index contributed by atoms with van der Waals surface area (Å²) in [5, 5.41) is 3.38. The maximum absolute atomic E-state index is 6.51. The molecular weight excluding hydrogens is 176 g/mol. The molecule has 3 heteroatoms. The van der Waals surface area contributed by atoms with Gasteiger partial charge in [0.2, 0.25) is 0 Å². The second-order valence-corrected chi connectivity index (χ2v) is 5.23. The van der Waals surface area contributed by atoms with E-state index >= 15 is 0 Å². The molecule has 14 heavy (non-hydrogen) atoms. The molecule has 1 aliphatic carbocycles. The van der Waals surface area contributed by atoms with Crippen molar-refractivity contribution in [3.8, 4) is 0 Å². The summed E-state index contributed by atoms with van der Waals surface area (Å²) < 4.78 is 5.73. The van der Waals surface area contributed by atoms with E-state index in [4.69, 9.17) is 10.5 Å². The van der Waals surface area contributed by atoms with Crippen LogP contribution < -0.4 is 11.1 Å². The van der Waals surface area contributed by atoms with Crippen LogP contribution in [0.5, 0.6) is 0 Å². The van der Waals surface area contributed by atoms with Crippen LogP contribution in [0.15, 0.2) is 0 Å². The van der Waals surface area contributed by atoms with Crippen LogP contribution in [0.2, 0.25) is 0 Å². The van der Waals surface area contributed by atoms with E-state index in [2.05, 4.69) is 26.1 Å². The molecule has 3 atom stereocenters. The SMILES string of the molecule is CCNCC1(N)C2CCOC2C1(C)C. The summed E-state index contributed by atoms with van der Waals surface area (Å²) in [6.45, 7) is 9.39. The van der Waals surface area contributed by atoms with E-state index < -0.39 is 0 Å². The Morgan fingerprint density at radius 2 is 2.21 bits per heavy atom. The average molecular weight is 198 g/mol. The third kappa shape index (κ3) is 1.09. The number of hydrogen-bond donors (Lipinski definition) is 2. The Morgan fingerprint density at radius 3 is 2.86 bits per heavy atom. The van der Waals surface area contributed by atoms with Gasteiger partial charge in [0.15, 0.2) is 0 Å². The van der Waals surface area contributed by atoms with Gasteiger partial charge < -0.3 is 15.8 Å². The molecule has 1 saturated carbocycles. The van der Waals surface area contributed by atoms with Gasteiger partial charge in [-0.3, -0.25) is 0 Å². The number of ether oxygens (including phenoxy) is 1. The Kier molecular flexibility index (Phi) is 2.37. The van der Waals surface area contributed by atoms with Gasteiger partial charge in [-0.1, -0.05) is 20.8 Å². The number of rotatable bonds is 3. The molecule has 0 spiro atoms. The molecule has 0 radical (unpaired) electrons. The van der Waals surface area contributed by atoms with Gasteiger partial charge in [0.1, 0.15) is 0 Å². The maximum Gasteiger partial charge on any atom is 0.0691 e. The van der Waals surface area contributed by atoms with Gasteiger partial charge >= 0.3 is 0 Å². The molecule has 0 amide bonds. The molecule has 1 saturated heterocycles. The highest BCUT2D eigenvalue weighted by Gasteiger charge is 2.67. The van der Waals surface area contributed by atoms with Gasteiger partial charge in [-0.25, -0.2) is 0 Å². The van der Waals surface area contributed by atoms with Crippen molar-refractivity contribution in [1.82, 2.24) is 5.32 Å². The normalized spacial score (nSPS) is 44.6. The van der Waals surface area contributed by atoms with E-state index in [1.54, 1.807) is 0 Å². The molecule has 2 fully saturated rings. The fourth-order valence-corrected chi connectivity index (χ4v) is 3.17. The topological polar surface area (TPSA) is 47.3 Å². The largest absolute Gasteiger partial charge is 0.377 e. The molecule has 2 rings (SSSR count). The van der Waals surface area contributed by atoms with E-state index in [9.17, 15) is 0 Å². The van der Waals surface area contributed by atoms with Gasteiger partial charge in [-0.2, -0.15) is 0 Å². The fourth-order valence-electron chi connectivity index (χ4n) is 3.17. The van der Waals surface area contributed by atoms with E-state index in [1.165, 1.54) is 0 Å². The van der Waals surface area contributed by atoms with E-state index in [1.807, 2.05) is 0 Å². The number of likely N-dealkylation sites (N-methyl/N-ethyl adjacent to an activating group) is 1. The van der Waals surface area contributed by atoms with Crippen LogP contribution in [-0.2, 0) is 4.74 Å². The van der Waals surface area contributed by atoms with Gasteiger partial charge in [-0.05, 0) is 13.0 Å². The minimum absolute atomic E-state index is 0.0653. The van der Waals surface area contributed by atoms with Crippen molar-refractivity contribution in [1.29, 1.82) is 0 Å². The first-order valence-electron chi connectivity index (χ1n) is 5.65. The third-order valence-corrected chi connectivity index (χ3v) is 4.33. The predicted molar refractivity (Wildman–Crippen MR) is 57.1 cm³/mol. The third-order valence-electron chi connectivity index (χ3n) is 4.33. The molecule has 3 nitrogen and oxygen atoms in total. The lowest BCUT2D eigenvalue weighted by Crippen LogP contribution is -2.77. The molecule has 1 heterocycles. The van der Waals surface area contributed by atoms with Crippen LogP contribution in [0.25, 0.3) is 0 Å². The van der Waals surface area contributed by atoms with Crippen LogP contribution in [-0.4, -0.2) is 31.3 Å². The molecule has 0 aromatic heterocycles. The number of nitrogens with two attached hydrogens (primary N) is 1. The summed E-state index contributed by atoms with van der Waals surface area (Å²) in [6.07, 6.45) is 1.53. The zero-order valence-corrected chi connectivity index (χ0v) is 9.47. The second-order valence-electron chi connectivity index (χ2n) is 5.23. The summed E-state index contributed by atoms with van der Waals surface area (Å²) in [5.41, 5.74) is 6.57. The molecular formula is C11H22N2O. The molecule has 0 aromatic carbocycles. The molecule has 2 aliphatic rings. The lowest BCUT2D eigenvalue weighted by molar-refractivity contribution is -0.153. The van der Waals surface area contributed by atoms with E-state index in [0.717, 1.165) is 26.1 Å². The summed E-state index contributed by atoms with van der Waals surface area (Å²) in [4.78, 5) is 0. The Labute approximate surface area is 86.4 Å². The smallest absolute Gasteiger partial charge is 0.0691 e. The zero-order valence-electron chi connectivity index (χ0n) is 9.47. The molecule has 1 aliphatic heterocycles. The highest BCUT2D eigenvalue weighted by atomic mass is 16.5. The van der Waals surface area contributed by atoms with Crippen LogP contribution in [0, 0.1) is 11.3 Å². The van der Waals surface area contributed by atoms with Gasteiger partial charge in [0, 0.05) is 30.0 Å². The monoisotopic (exact) mass is 198 g/mol. The van der Waals surface area contributed by atoms with Crippen molar-refractivity contribution >= 4 is 0 Å². The van der Waals surface area contributed by atoms with Gasteiger partial charge in [0.05, 0.1) is 6.10 Å². The standard InChI is InChI=1S/C11H22N2O/c1-4-13-7-11(12)8-5-6-14-9(8)10(11,2)3/h8-9,13H,4-7,12H2,1-3H3. The molecule has 82 valence electrons. The fraction of sp³-hybridized carbons (Fsp3) is 1.00. The number of hydrogen-bond acceptors (Lipinski definition) is 3. The molecule has 0 aromatic rings. The van der Waals surface area contributed by atoms with Crippen LogP contribution in [0.3, 0.4) is 0 Å². The number of nitrogens with one attached hydrogen (secondary N) is 1. The van der Waals surface area contributed by atoms with Crippen molar-refractivity contribution in [2.75, 3.05) is 19.7 Å².